The van der Waals surface area contributed by atoms with E-state index in [2.05, 4.69) is 19.9 Å². The van der Waals surface area contributed by atoms with Crippen LogP contribution in [-0.4, -0.2) is 33.7 Å². The molecule has 0 bridgehead atoms. The lowest BCUT2D eigenvalue weighted by Crippen LogP contribution is -2.05. The second kappa shape index (κ2) is 8.39. The lowest BCUT2D eigenvalue weighted by Gasteiger charge is -2.09. The molecule has 1 aliphatic rings. The van der Waals surface area contributed by atoms with Gasteiger partial charge in [0, 0.05) is 35.6 Å². The first-order valence-electron chi connectivity index (χ1n) is 9.69. The van der Waals surface area contributed by atoms with E-state index < -0.39 is 0 Å². The van der Waals surface area contributed by atoms with Crippen molar-refractivity contribution in [3.63, 3.8) is 0 Å². The number of methoxy groups -OCH3 is 1. The van der Waals surface area contributed by atoms with Gasteiger partial charge in [0.1, 0.15) is 11.6 Å². The number of ether oxygens (including phenoxy) is 2. The van der Waals surface area contributed by atoms with Gasteiger partial charge < -0.3 is 9.47 Å². The molecule has 6 heteroatoms. The highest BCUT2D eigenvalue weighted by Crippen LogP contribution is 2.47. The fraction of sp³-hybridized carbons (Fsp3) is 0.304. The molecular formula is C23H24N4O2. The fourth-order valence-electron chi connectivity index (χ4n) is 3.16. The minimum Gasteiger partial charge on any atom is -0.495 e. The highest BCUT2D eigenvalue weighted by molar-refractivity contribution is 5.71. The van der Waals surface area contributed by atoms with Gasteiger partial charge in [0.05, 0.1) is 25.5 Å². The van der Waals surface area contributed by atoms with Crippen LogP contribution < -0.4 is 9.47 Å². The average Bonchev–Trinajstić information content (AvgIpc) is 3.52. The molecule has 1 saturated carbocycles. The van der Waals surface area contributed by atoms with E-state index in [4.69, 9.17) is 9.47 Å². The van der Waals surface area contributed by atoms with Crippen LogP contribution in [0.3, 0.4) is 0 Å². The monoisotopic (exact) mass is 388 g/mol. The van der Waals surface area contributed by atoms with Gasteiger partial charge in [-0.1, -0.05) is 12.1 Å². The molecule has 1 aliphatic carbocycles. The second-order valence-corrected chi connectivity index (χ2v) is 7.28. The highest BCUT2D eigenvalue weighted by Gasteiger charge is 2.40. The second-order valence-electron chi connectivity index (χ2n) is 7.28. The molecule has 0 aromatic carbocycles. The first-order chi connectivity index (χ1) is 14.1. The quantitative estimate of drug-likeness (QED) is 0.603. The SMILES string of the molecule is COc1ccc([C@H]2C[C@@H]2COc2nc(C)ncc2C=Cc2ccc(C)nc2)nc1. The summed E-state index contributed by atoms with van der Waals surface area (Å²) in [6.07, 6.45) is 10.4. The van der Waals surface area contributed by atoms with Gasteiger partial charge in [0.15, 0.2) is 0 Å². The van der Waals surface area contributed by atoms with Gasteiger partial charge in [0.25, 0.3) is 0 Å². The summed E-state index contributed by atoms with van der Waals surface area (Å²) < 4.78 is 11.3. The van der Waals surface area contributed by atoms with Crippen LogP contribution >= 0.6 is 0 Å². The van der Waals surface area contributed by atoms with Crippen LogP contribution in [0.5, 0.6) is 11.6 Å². The van der Waals surface area contributed by atoms with Crippen LogP contribution in [0.15, 0.2) is 42.9 Å². The summed E-state index contributed by atoms with van der Waals surface area (Å²) in [4.78, 5) is 17.6. The van der Waals surface area contributed by atoms with Crippen molar-refractivity contribution >= 4 is 12.2 Å². The maximum Gasteiger partial charge on any atom is 0.224 e. The number of nitrogens with zero attached hydrogens (tertiary/aromatic N) is 4. The van der Waals surface area contributed by atoms with Gasteiger partial charge in [0.2, 0.25) is 5.88 Å². The number of rotatable bonds is 7. The maximum atomic E-state index is 6.08. The molecule has 6 nitrogen and oxygen atoms in total. The van der Waals surface area contributed by atoms with Gasteiger partial charge in [-0.2, -0.15) is 4.98 Å². The Kier molecular flexibility index (Phi) is 5.51. The summed E-state index contributed by atoms with van der Waals surface area (Å²) in [5.74, 6) is 2.96. The number of hydrogen-bond donors (Lipinski definition) is 0. The Balaban J connectivity index is 1.41. The third-order valence-corrected chi connectivity index (χ3v) is 5.02. The van der Waals surface area contributed by atoms with Crippen molar-refractivity contribution in [1.29, 1.82) is 0 Å². The standard InChI is InChI=1S/C23H24N4O2/c1-15-4-5-17(11-24-15)6-7-18-12-25-16(2)27-23(18)29-14-19-10-21(19)22-9-8-20(28-3)13-26-22/h4-9,11-13,19,21H,10,14H2,1-3H3/t19-,21+/m1/s1. The molecule has 0 N–H and O–H groups in total. The normalized spacial score (nSPS) is 18.0. The molecule has 4 rings (SSSR count). The van der Waals surface area contributed by atoms with E-state index in [1.807, 2.05) is 56.5 Å². The topological polar surface area (TPSA) is 70.0 Å². The van der Waals surface area contributed by atoms with Crippen LogP contribution in [0.25, 0.3) is 12.2 Å². The summed E-state index contributed by atoms with van der Waals surface area (Å²) in [5, 5.41) is 0. The molecular weight excluding hydrogens is 364 g/mol. The van der Waals surface area contributed by atoms with Gasteiger partial charge in [-0.25, -0.2) is 4.98 Å². The van der Waals surface area contributed by atoms with Crippen LogP contribution in [0.1, 0.15) is 40.7 Å². The Morgan fingerprint density at radius 3 is 2.62 bits per heavy atom. The van der Waals surface area contributed by atoms with Gasteiger partial charge in [-0.15, -0.1) is 0 Å². The number of aryl methyl sites for hydroxylation is 2. The van der Waals surface area contributed by atoms with E-state index in [1.165, 1.54) is 0 Å². The van der Waals surface area contributed by atoms with Crippen molar-refractivity contribution in [2.75, 3.05) is 13.7 Å². The lowest BCUT2D eigenvalue weighted by molar-refractivity contribution is 0.283. The van der Waals surface area contributed by atoms with Crippen LogP contribution in [0.4, 0.5) is 0 Å². The summed E-state index contributed by atoms with van der Waals surface area (Å²) in [5.41, 5.74) is 3.96. The van der Waals surface area contributed by atoms with Gasteiger partial charge >= 0.3 is 0 Å². The summed E-state index contributed by atoms with van der Waals surface area (Å²) in [6, 6.07) is 8.01. The molecule has 0 saturated heterocycles. The molecule has 0 spiro atoms. The molecule has 3 aromatic rings. The minimum absolute atomic E-state index is 0.432. The van der Waals surface area contributed by atoms with Crippen molar-refractivity contribution in [3.05, 3.63) is 71.2 Å². The predicted octanol–water partition coefficient (Wildman–Crippen LogP) is 4.24. The molecule has 29 heavy (non-hydrogen) atoms. The molecule has 2 atom stereocenters. The molecule has 1 fully saturated rings. The first-order valence-corrected chi connectivity index (χ1v) is 9.69. The zero-order valence-corrected chi connectivity index (χ0v) is 16.9. The summed E-state index contributed by atoms with van der Waals surface area (Å²) in [7, 11) is 1.65. The lowest BCUT2D eigenvalue weighted by atomic mass is 10.2. The molecule has 0 amide bonds. The maximum absolute atomic E-state index is 6.08. The van der Waals surface area contributed by atoms with Crippen molar-refractivity contribution in [1.82, 2.24) is 19.9 Å². The average molecular weight is 388 g/mol. The van der Waals surface area contributed by atoms with E-state index in [0.29, 0.717) is 30.1 Å². The van der Waals surface area contributed by atoms with Crippen LogP contribution in [0.2, 0.25) is 0 Å². The van der Waals surface area contributed by atoms with Gasteiger partial charge in [-0.05, 0) is 50.1 Å². The number of aromatic nitrogens is 4. The Morgan fingerprint density at radius 1 is 1.00 bits per heavy atom. The minimum atomic E-state index is 0.432. The Labute approximate surface area is 170 Å². The first kappa shape index (κ1) is 19.1. The predicted molar refractivity (Wildman–Crippen MR) is 112 cm³/mol. The Hall–Kier alpha value is -3.28. The highest BCUT2D eigenvalue weighted by atomic mass is 16.5. The zero-order valence-electron chi connectivity index (χ0n) is 16.9. The Bertz CT molecular complexity index is 1000. The number of hydrogen-bond acceptors (Lipinski definition) is 6. The smallest absolute Gasteiger partial charge is 0.224 e. The largest absolute Gasteiger partial charge is 0.495 e. The van der Waals surface area contributed by atoms with E-state index >= 15 is 0 Å². The van der Waals surface area contributed by atoms with Crippen molar-refractivity contribution in [2.24, 2.45) is 5.92 Å². The number of pyridine rings is 2. The Morgan fingerprint density at radius 2 is 1.90 bits per heavy atom. The third-order valence-electron chi connectivity index (χ3n) is 5.02. The van der Waals surface area contributed by atoms with Crippen LogP contribution in [-0.2, 0) is 0 Å². The van der Waals surface area contributed by atoms with Crippen LogP contribution in [0, 0.1) is 19.8 Å². The summed E-state index contributed by atoms with van der Waals surface area (Å²) >= 11 is 0. The zero-order chi connectivity index (χ0) is 20.2. The van der Waals surface area contributed by atoms with E-state index in [-0.39, 0.29) is 0 Å². The fourth-order valence-corrected chi connectivity index (χ4v) is 3.16. The van der Waals surface area contributed by atoms with Crippen molar-refractivity contribution < 1.29 is 9.47 Å². The van der Waals surface area contributed by atoms with E-state index in [9.17, 15) is 0 Å². The molecule has 0 unspecified atom stereocenters. The van der Waals surface area contributed by atoms with Gasteiger partial charge in [-0.3, -0.25) is 9.97 Å². The molecule has 148 valence electrons. The molecule has 3 aromatic heterocycles. The summed E-state index contributed by atoms with van der Waals surface area (Å²) in [6.45, 7) is 4.45. The van der Waals surface area contributed by atoms with Crippen molar-refractivity contribution in [3.8, 4) is 11.6 Å². The van der Waals surface area contributed by atoms with E-state index in [0.717, 1.165) is 34.7 Å². The van der Waals surface area contributed by atoms with Crippen molar-refractivity contribution in [2.45, 2.75) is 26.2 Å². The van der Waals surface area contributed by atoms with E-state index in [1.54, 1.807) is 19.5 Å². The third kappa shape index (κ3) is 4.77. The molecule has 0 radical (unpaired) electrons. The molecule has 0 aliphatic heterocycles. The molecule has 3 heterocycles.